The van der Waals surface area contributed by atoms with E-state index in [0.717, 1.165) is 19.4 Å². The third-order valence-corrected chi connectivity index (χ3v) is 3.60. The lowest BCUT2D eigenvalue weighted by atomic mass is 9.85. The highest BCUT2D eigenvalue weighted by Crippen LogP contribution is 2.37. The van der Waals surface area contributed by atoms with Crippen LogP contribution in [-0.2, 0) is 0 Å². The molecule has 1 heterocycles. The fourth-order valence-electron chi connectivity index (χ4n) is 2.52. The molecule has 1 aromatic rings. The van der Waals surface area contributed by atoms with Crippen molar-refractivity contribution >= 4 is 5.69 Å². The highest BCUT2D eigenvalue weighted by atomic mass is 16.3. The topological polar surface area (TPSA) is 32.3 Å². The molecule has 0 fully saturated rings. The maximum absolute atomic E-state index is 9.32. The minimum absolute atomic E-state index is 0.174. The average Bonchev–Trinajstić information content (AvgIpc) is 2.69. The normalized spacial score (nSPS) is 22.3. The molecule has 2 rings (SSSR count). The second-order valence-corrected chi connectivity index (χ2v) is 4.98. The maximum atomic E-state index is 9.32. The van der Waals surface area contributed by atoms with Gasteiger partial charge in [0, 0.05) is 18.2 Å². The summed E-state index contributed by atoms with van der Waals surface area (Å²) in [7, 11) is 0. The molecule has 0 aromatic heterocycles. The van der Waals surface area contributed by atoms with Gasteiger partial charge < -0.3 is 10.4 Å². The van der Waals surface area contributed by atoms with Gasteiger partial charge in [0.05, 0.1) is 6.10 Å². The summed E-state index contributed by atoms with van der Waals surface area (Å²) in [6.45, 7) is 5.20. The van der Waals surface area contributed by atoms with Crippen molar-refractivity contribution in [1.82, 2.24) is 0 Å². The van der Waals surface area contributed by atoms with Gasteiger partial charge >= 0.3 is 0 Å². The highest BCUT2D eigenvalue weighted by Gasteiger charge is 2.26. The molecule has 0 aliphatic carbocycles. The largest absolute Gasteiger partial charge is 0.393 e. The van der Waals surface area contributed by atoms with Crippen molar-refractivity contribution in [2.24, 2.45) is 5.92 Å². The number of hydrogen-bond acceptors (Lipinski definition) is 2. The van der Waals surface area contributed by atoms with Crippen LogP contribution in [0.4, 0.5) is 5.69 Å². The molecular weight excluding hydrogens is 198 g/mol. The monoisotopic (exact) mass is 219 g/mol. The lowest BCUT2D eigenvalue weighted by molar-refractivity contribution is 0.172. The second-order valence-electron chi connectivity index (χ2n) is 4.98. The van der Waals surface area contributed by atoms with Crippen molar-refractivity contribution in [2.75, 3.05) is 11.9 Å². The lowest BCUT2D eigenvalue weighted by Gasteiger charge is -2.19. The van der Waals surface area contributed by atoms with Crippen molar-refractivity contribution in [1.29, 1.82) is 0 Å². The van der Waals surface area contributed by atoms with Gasteiger partial charge in [-0.05, 0) is 37.3 Å². The minimum atomic E-state index is -0.174. The van der Waals surface area contributed by atoms with Crippen LogP contribution in [0.15, 0.2) is 24.3 Å². The molecule has 2 N–H and O–H groups in total. The Kier molecular flexibility index (Phi) is 3.49. The van der Waals surface area contributed by atoms with E-state index in [9.17, 15) is 5.11 Å². The van der Waals surface area contributed by atoms with E-state index in [0.29, 0.717) is 11.8 Å². The van der Waals surface area contributed by atoms with E-state index in [1.807, 2.05) is 6.92 Å². The molecule has 88 valence electrons. The zero-order valence-corrected chi connectivity index (χ0v) is 10.1. The van der Waals surface area contributed by atoms with Crippen LogP contribution in [0.25, 0.3) is 0 Å². The summed E-state index contributed by atoms with van der Waals surface area (Å²) < 4.78 is 0. The summed E-state index contributed by atoms with van der Waals surface area (Å²) in [4.78, 5) is 0. The van der Waals surface area contributed by atoms with Gasteiger partial charge in [-0.15, -0.1) is 0 Å². The molecule has 0 saturated heterocycles. The van der Waals surface area contributed by atoms with Gasteiger partial charge in [0.25, 0.3) is 0 Å². The number of rotatable bonds is 4. The molecule has 2 heteroatoms. The molecule has 0 spiro atoms. The van der Waals surface area contributed by atoms with Crippen molar-refractivity contribution in [3.05, 3.63) is 29.8 Å². The predicted octanol–water partition coefficient (Wildman–Crippen LogP) is 2.99. The van der Waals surface area contributed by atoms with Crippen LogP contribution in [-0.4, -0.2) is 17.8 Å². The number of benzene rings is 1. The zero-order chi connectivity index (χ0) is 11.5. The van der Waals surface area contributed by atoms with Crippen LogP contribution in [0.3, 0.4) is 0 Å². The first kappa shape index (κ1) is 11.5. The molecule has 1 aliphatic heterocycles. The molecule has 3 atom stereocenters. The second kappa shape index (κ2) is 4.88. The molecule has 0 saturated carbocycles. The molecule has 1 aliphatic rings. The first-order valence-corrected chi connectivity index (χ1v) is 6.19. The Labute approximate surface area is 97.7 Å². The van der Waals surface area contributed by atoms with Crippen LogP contribution in [0, 0.1) is 5.92 Å². The number of para-hydroxylation sites is 1. The average molecular weight is 219 g/mol. The first-order chi connectivity index (χ1) is 7.68. The van der Waals surface area contributed by atoms with Gasteiger partial charge in [0.15, 0.2) is 0 Å². The summed E-state index contributed by atoms with van der Waals surface area (Å²) >= 11 is 0. The fourth-order valence-corrected chi connectivity index (χ4v) is 2.52. The Morgan fingerprint density at radius 3 is 2.81 bits per heavy atom. The van der Waals surface area contributed by atoms with Gasteiger partial charge in [0.2, 0.25) is 0 Å². The zero-order valence-electron chi connectivity index (χ0n) is 10.1. The molecule has 0 amide bonds. The van der Waals surface area contributed by atoms with E-state index in [2.05, 4.69) is 36.5 Å². The van der Waals surface area contributed by atoms with Crippen molar-refractivity contribution in [3.63, 3.8) is 0 Å². The molecule has 0 bridgehead atoms. The van der Waals surface area contributed by atoms with E-state index in [1.165, 1.54) is 11.3 Å². The van der Waals surface area contributed by atoms with Crippen LogP contribution in [0.5, 0.6) is 0 Å². The molecule has 16 heavy (non-hydrogen) atoms. The van der Waals surface area contributed by atoms with Crippen molar-refractivity contribution in [2.45, 2.75) is 38.7 Å². The Morgan fingerprint density at radius 1 is 1.31 bits per heavy atom. The Balaban J connectivity index is 2.01. The molecule has 3 unspecified atom stereocenters. The highest BCUT2D eigenvalue weighted by molar-refractivity contribution is 5.57. The van der Waals surface area contributed by atoms with Gasteiger partial charge in [-0.2, -0.15) is 0 Å². The van der Waals surface area contributed by atoms with Crippen LogP contribution >= 0.6 is 0 Å². The first-order valence-electron chi connectivity index (χ1n) is 6.19. The third-order valence-electron chi connectivity index (χ3n) is 3.60. The predicted molar refractivity (Wildman–Crippen MR) is 67.8 cm³/mol. The molecule has 2 nitrogen and oxygen atoms in total. The number of aliphatic hydroxyl groups excluding tert-OH is 1. The van der Waals surface area contributed by atoms with E-state index < -0.39 is 0 Å². The number of hydrogen-bond donors (Lipinski definition) is 2. The SMILES string of the molecule is CC(O)CCC(C)C1CNc2ccccc21. The Hall–Kier alpha value is -1.02. The summed E-state index contributed by atoms with van der Waals surface area (Å²) in [5.74, 6) is 1.24. The Bertz CT molecular complexity index is 348. The summed E-state index contributed by atoms with van der Waals surface area (Å²) in [5, 5.41) is 12.8. The fraction of sp³-hybridized carbons (Fsp3) is 0.571. The maximum Gasteiger partial charge on any atom is 0.0512 e. The van der Waals surface area contributed by atoms with Gasteiger partial charge in [-0.3, -0.25) is 0 Å². The van der Waals surface area contributed by atoms with Crippen LogP contribution in [0.1, 0.15) is 38.2 Å². The smallest absolute Gasteiger partial charge is 0.0512 e. The number of nitrogens with one attached hydrogen (secondary N) is 1. The summed E-state index contributed by atoms with van der Waals surface area (Å²) in [6, 6.07) is 8.56. The van der Waals surface area contributed by atoms with Crippen molar-refractivity contribution < 1.29 is 5.11 Å². The Morgan fingerprint density at radius 2 is 2.06 bits per heavy atom. The van der Waals surface area contributed by atoms with Gasteiger partial charge in [-0.1, -0.05) is 25.1 Å². The van der Waals surface area contributed by atoms with Gasteiger partial charge in [-0.25, -0.2) is 0 Å². The van der Waals surface area contributed by atoms with Crippen molar-refractivity contribution in [3.8, 4) is 0 Å². The lowest BCUT2D eigenvalue weighted by Crippen LogP contribution is -2.14. The van der Waals surface area contributed by atoms with E-state index in [4.69, 9.17) is 0 Å². The molecule has 1 aromatic carbocycles. The van der Waals surface area contributed by atoms with Crippen LogP contribution in [0.2, 0.25) is 0 Å². The number of fused-ring (bicyclic) bond motifs is 1. The van der Waals surface area contributed by atoms with Crippen LogP contribution < -0.4 is 5.32 Å². The quantitative estimate of drug-likeness (QED) is 0.816. The third kappa shape index (κ3) is 2.38. The minimum Gasteiger partial charge on any atom is -0.393 e. The molecular formula is C14H21NO. The van der Waals surface area contributed by atoms with E-state index in [1.54, 1.807) is 0 Å². The van der Waals surface area contributed by atoms with E-state index >= 15 is 0 Å². The van der Waals surface area contributed by atoms with Gasteiger partial charge in [0.1, 0.15) is 0 Å². The number of anilines is 1. The number of aliphatic hydroxyl groups is 1. The summed E-state index contributed by atoms with van der Waals surface area (Å²) in [5.41, 5.74) is 2.73. The molecule has 0 radical (unpaired) electrons. The standard InChI is InChI=1S/C14H21NO/c1-10(7-8-11(2)16)13-9-15-14-6-4-3-5-12(13)14/h3-6,10-11,13,15-16H,7-9H2,1-2H3. The summed E-state index contributed by atoms with van der Waals surface area (Å²) in [6.07, 6.45) is 1.82. The van der Waals surface area contributed by atoms with E-state index in [-0.39, 0.29) is 6.10 Å².